The first kappa shape index (κ1) is 28.6. The second kappa shape index (κ2) is 13.1. The molecule has 0 aliphatic carbocycles. The average Bonchev–Trinajstić information content (AvgIpc) is 3.14. The smallest absolute Gasteiger partial charge is 0.256 e. The van der Waals surface area contributed by atoms with Gasteiger partial charge in [0.05, 0.1) is 24.2 Å². The predicted octanol–water partition coefficient (Wildman–Crippen LogP) is 4.36. The Hall–Kier alpha value is -2.43. The first-order valence-corrected chi connectivity index (χ1v) is 14.0. The number of hydrogen-bond donors (Lipinski definition) is 1. The van der Waals surface area contributed by atoms with Gasteiger partial charge in [-0.25, -0.2) is 0 Å². The highest BCUT2D eigenvalue weighted by molar-refractivity contribution is 7.80. The van der Waals surface area contributed by atoms with E-state index in [0.717, 1.165) is 45.7 Å². The molecule has 2 aliphatic heterocycles. The number of ether oxygens (including phenoxy) is 1. The second-order valence-electron chi connectivity index (χ2n) is 9.37. The summed E-state index contributed by atoms with van der Waals surface area (Å²) in [7, 11) is 1.53. The van der Waals surface area contributed by atoms with E-state index < -0.39 is 6.04 Å². The maximum absolute atomic E-state index is 13.7. The van der Waals surface area contributed by atoms with Crippen LogP contribution in [0.2, 0.25) is 10.0 Å². The second-order valence-corrected chi connectivity index (χ2v) is 10.6. The van der Waals surface area contributed by atoms with Gasteiger partial charge >= 0.3 is 0 Å². The quantitative estimate of drug-likeness (QED) is 0.421. The number of nitrogens with one attached hydrogen (secondary N) is 1. The summed E-state index contributed by atoms with van der Waals surface area (Å²) in [6, 6.07) is 11.2. The third kappa shape index (κ3) is 6.76. The number of halogens is 2. The Balaban J connectivity index is 1.48. The number of hydrogen-bond acceptors (Lipinski definition) is 6. The van der Waals surface area contributed by atoms with Crippen LogP contribution in [-0.4, -0.2) is 90.6 Å². The first-order valence-electron chi connectivity index (χ1n) is 12.8. The van der Waals surface area contributed by atoms with Crippen molar-refractivity contribution in [2.45, 2.75) is 25.8 Å². The van der Waals surface area contributed by atoms with E-state index in [2.05, 4.69) is 22.0 Å². The van der Waals surface area contributed by atoms with Crippen molar-refractivity contribution in [3.8, 4) is 5.75 Å². The topological polar surface area (TPSA) is 68.4 Å². The molecule has 4 rings (SSSR count). The van der Waals surface area contributed by atoms with Crippen molar-refractivity contribution >= 4 is 63.7 Å². The van der Waals surface area contributed by atoms with E-state index in [0.29, 0.717) is 38.8 Å². The Bertz CT molecular complexity index is 1160. The summed E-state index contributed by atoms with van der Waals surface area (Å²) in [4.78, 5) is 34.9. The number of anilines is 2. The molecule has 2 fully saturated rings. The highest BCUT2D eigenvalue weighted by Gasteiger charge is 2.44. The van der Waals surface area contributed by atoms with Crippen LogP contribution in [0.4, 0.5) is 11.4 Å². The zero-order chi connectivity index (χ0) is 27.2. The number of benzene rings is 2. The standard InChI is InChI=1S/C27H33Cl2N5O3S/c1-3-31-13-15-32(16-14-31)11-4-12-33-23(18-25(35)30-20-7-5-19(28)6-8-20)26(36)34(27(33)38)21-9-10-24(37-2)22(29)17-21/h5-10,17,23H,3-4,11-16,18H2,1-2H3,(H,30,35)/t23-/m1/s1. The van der Waals surface area contributed by atoms with E-state index in [-0.39, 0.29) is 18.2 Å². The van der Waals surface area contributed by atoms with E-state index >= 15 is 0 Å². The molecule has 2 amide bonds. The number of piperazine rings is 1. The molecule has 2 heterocycles. The predicted molar refractivity (Wildman–Crippen MR) is 156 cm³/mol. The van der Waals surface area contributed by atoms with E-state index in [1.54, 1.807) is 42.5 Å². The van der Waals surface area contributed by atoms with E-state index in [9.17, 15) is 9.59 Å². The highest BCUT2D eigenvalue weighted by Crippen LogP contribution is 2.33. The molecule has 38 heavy (non-hydrogen) atoms. The first-order chi connectivity index (χ1) is 18.3. The molecule has 0 aromatic heterocycles. The minimum atomic E-state index is -0.715. The maximum Gasteiger partial charge on any atom is 0.256 e. The monoisotopic (exact) mass is 577 g/mol. The normalized spacial score (nSPS) is 18.8. The fraction of sp³-hybridized carbons (Fsp3) is 0.444. The maximum atomic E-state index is 13.7. The molecule has 2 aromatic carbocycles. The van der Waals surface area contributed by atoms with Crippen LogP contribution in [0.15, 0.2) is 42.5 Å². The number of nitrogens with zero attached hydrogens (tertiary/aromatic N) is 4. The molecule has 1 N–H and O–H groups in total. The van der Waals surface area contributed by atoms with Crippen molar-refractivity contribution in [1.29, 1.82) is 0 Å². The summed E-state index contributed by atoms with van der Waals surface area (Å²) >= 11 is 18.1. The Labute approximate surface area is 239 Å². The van der Waals surface area contributed by atoms with E-state index in [1.807, 2.05) is 4.90 Å². The molecule has 2 aliphatic rings. The molecule has 2 aromatic rings. The van der Waals surface area contributed by atoms with Crippen LogP contribution < -0.4 is 15.0 Å². The molecule has 0 saturated carbocycles. The molecular formula is C27H33Cl2N5O3S. The third-order valence-electron chi connectivity index (χ3n) is 7.00. The number of methoxy groups -OCH3 is 1. The van der Waals surface area contributed by atoms with Gasteiger partial charge < -0.3 is 24.8 Å². The summed E-state index contributed by atoms with van der Waals surface area (Å²) in [5.41, 5.74) is 1.16. The number of thiocarbonyl (C=S) groups is 1. The van der Waals surface area contributed by atoms with Crippen LogP contribution in [0.5, 0.6) is 5.75 Å². The molecule has 204 valence electrons. The van der Waals surface area contributed by atoms with Gasteiger partial charge in [0.1, 0.15) is 11.8 Å². The fourth-order valence-corrected chi connectivity index (χ4v) is 5.63. The van der Waals surface area contributed by atoms with Gasteiger partial charge in [0, 0.05) is 43.4 Å². The molecule has 2 saturated heterocycles. The summed E-state index contributed by atoms with van der Waals surface area (Å²) in [6.07, 6.45) is 0.795. The number of likely N-dealkylation sites (N-methyl/N-ethyl adjacent to an activating group) is 1. The largest absolute Gasteiger partial charge is 0.495 e. The number of carbonyl (C=O) groups excluding carboxylic acids is 2. The number of rotatable bonds is 10. The summed E-state index contributed by atoms with van der Waals surface area (Å²) < 4.78 is 5.25. The Kier molecular flexibility index (Phi) is 9.84. The van der Waals surface area contributed by atoms with Crippen LogP contribution in [0.25, 0.3) is 0 Å². The Morgan fingerprint density at radius 3 is 2.37 bits per heavy atom. The van der Waals surface area contributed by atoms with Gasteiger partial charge in [-0.2, -0.15) is 0 Å². The Morgan fingerprint density at radius 1 is 1.05 bits per heavy atom. The van der Waals surface area contributed by atoms with Gasteiger partial charge in [-0.05, 0) is 74.2 Å². The SMILES string of the molecule is CCN1CCN(CCCN2C(=S)N(c3ccc(OC)c(Cl)c3)C(=O)[C@H]2CC(=O)Nc2ccc(Cl)cc2)CC1. The molecule has 0 bridgehead atoms. The molecule has 1 atom stereocenters. The highest BCUT2D eigenvalue weighted by atomic mass is 35.5. The lowest BCUT2D eigenvalue weighted by Crippen LogP contribution is -2.47. The van der Waals surface area contributed by atoms with Gasteiger partial charge in [0.25, 0.3) is 5.91 Å². The average molecular weight is 579 g/mol. The number of amides is 2. The van der Waals surface area contributed by atoms with Crippen LogP contribution in [0, 0.1) is 0 Å². The molecular weight excluding hydrogens is 545 g/mol. The van der Waals surface area contributed by atoms with Crippen molar-refractivity contribution in [3.63, 3.8) is 0 Å². The minimum absolute atomic E-state index is 0.0306. The van der Waals surface area contributed by atoms with Gasteiger partial charge in [0.15, 0.2) is 5.11 Å². The van der Waals surface area contributed by atoms with Crippen molar-refractivity contribution in [2.24, 2.45) is 0 Å². The molecule has 0 unspecified atom stereocenters. The van der Waals surface area contributed by atoms with E-state index in [1.165, 1.54) is 12.0 Å². The van der Waals surface area contributed by atoms with Crippen LogP contribution >= 0.6 is 35.4 Å². The van der Waals surface area contributed by atoms with Gasteiger partial charge in [-0.3, -0.25) is 14.5 Å². The molecule has 0 radical (unpaired) electrons. The van der Waals surface area contributed by atoms with Crippen molar-refractivity contribution in [3.05, 3.63) is 52.5 Å². The van der Waals surface area contributed by atoms with E-state index in [4.69, 9.17) is 40.2 Å². The van der Waals surface area contributed by atoms with Crippen molar-refractivity contribution in [2.75, 3.05) is 63.1 Å². The van der Waals surface area contributed by atoms with Crippen LogP contribution in [0.1, 0.15) is 19.8 Å². The summed E-state index contributed by atoms with van der Waals surface area (Å²) in [5, 5.41) is 4.19. The van der Waals surface area contributed by atoms with Gasteiger partial charge in [-0.1, -0.05) is 30.1 Å². The molecule has 0 spiro atoms. The lowest BCUT2D eigenvalue weighted by Gasteiger charge is -2.34. The fourth-order valence-electron chi connectivity index (χ4n) is 4.83. The zero-order valence-electron chi connectivity index (χ0n) is 21.7. The van der Waals surface area contributed by atoms with Crippen molar-refractivity contribution < 1.29 is 14.3 Å². The lowest BCUT2D eigenvalue weighted by atomic mass is 10.1. The Morgan fingerprint density at radius 2 is 1.74 bits per heavy atom. The minimum Gasteiger partial charge on any atom is -0.495 e. The van der Waals surface area contributed by atoms with Crippen molar-refractivity contribution in [1.82, 2.24) is 14.7 Å². The molecule has 8 nitrogen and oxygen atoms in total. The summed E-state index contributed by atoms with van der Waals surface area (Å²) in [6.45, 7) is 8.92. The lowest BCUT2D eigenvalue weighted by molar-refractivity contribution is -0.124. The van der Waals surface area contributed by atoms with Gasteiger partial charge in [-0.15, -0.1) is 0 Å². The molecule has 11 heteroatoms. The third-order valence-corrected chi connectivity index (χ3v) is 7.97. The van der Waals surface area contributed by atoms with Crippen LogP contribution in [0.3, 0.4) is 0 Å². The zero-order valence-corrected chi connectivity index (χ0v) is 24.0. The van der Waals surface area contributed by atoms with Gasteiger partial charge in [0.2, 0.25) is 5.91 Å². The van der Waals surface area contributed by atoms with Crippen LogP contribution in [-0.2, 0) is 9.59 Å². The number of carbonyl (C=O) groups is 2. The summed E-state index contributed by atoms with van der Waals surface area (Å²) in [5.74, 6) is -0.0188.